The van der Waals surface area contributed by atoms with Crippen molar-refractivity contribution in [3.63, 3.8) is 0 Å². The van der Waals surface area contributed by atoms with Crippen molar-refractivity contribution in [2.75, 3.05) is 0 Å². The maximum absolute atomic E-state index is 9.03. The van der Waals surface area contributed by atoms with Gasteiger partial charge in [-0.25, -0.2) is 0 Å². The van der Waals surface area contributed by atoms with E-state index in [1.54, 1.807) is 6.07 Å². The van der Waals surface area contributed by atoms with Crippen molar-refractivity contribution < 1.29 is 5.11 Å². The fraction of sp³-hybridized carbons (Fsp3) is 0.294. The molecule has 0 fully saturated rings. The summed E-state index contributed by atoms with van der Waals surface area (Å²) >= 11 is 12.1. The predicted octanol–water partition coefficient (Wildman–Crippen LogP) is 4.91. The van der Waals surface area contributed by atoms with Crippen LogP contribution in [0, 0.1) is 5.92 Å². The van der Waals surface area contributed by atoms with Crippen molar-refractivity contribution in [3.05, 3.63) is 69.2 Å². The Kier molecular flexibility index (Phi) is 5.47. The van der Waals surface area contributed by atoms with E-state index in [4.69, 9.17) is 28.3 Å². The zero-order chi connectivity index (χ0) is 14.5. The fourth-order valence-corrected chi connectivity index (χ4v) is 2.80. The third-order valence-electron chi connectivity index (χ3n) is 3.37. The van der Waals surface area contributed by atoms with Gasteiger partial charge in [0, 0.05) is 10.0 Å². The molecular weight excluding hydrogens is 291 g/mol. The summed E-state index contributed by atoms with van der Waals surface area (Å²) in [5, 5.41) is 10.4. The Hall–Kier alpha value is -1.02. The minimum absolute atomic E-state index is 0.0935. The van der Waals surface area contributed by atoms with Gasteiger partial charge >= 0.3 is 0 Å². The molecule has 1 N–H and O–H groups in total. The highest BCUT2D eigenvalue weighted by atomic mass is 35.5. The number of halogens is 2. The van der Waals surface area contributed by atoms with Crippen LogP contribution in [0.2, 0.25) is 10.0 Å². The molecule has 0 bridgehead atoms. The average molecular weight is 309 g/mol. The van der Waals surface area contributed by atoms with E-state index in [9.17, 15) is 0 Å². The van der Waals surface area contributed by atoms with Crippen LogP contribution in [0.4, 0.5) is 0 Å². The summed E-state index contributed by atoms with van der Waals surface area (Å²) in [7, 11) is 0. The number of benzene rings is 2. The van der Waals surface area contributed by atoms with Gasteiger partial charge in [-0.3, -0.25) is 0 Å². The summed E-state index contributed by atoms with van der Waals surface area (Å²) in [6, 6.07) is 13.8. The number of hydrogen-bond donors (Lipinski definition) is 1. The van der Waals surface area contributed by atoms with Crippen molar-refractivity contribution in [1.82, 2.24) is 0 Å². The highest BCUT2D eigenvalue weighted by Gasteiger charge is 2.08. The van der Waals surface area contributed by atoms with Gasteiger partial charge in [0.2, 0.25) is 0 Å². The van der Waals surface area contributed by atoms with E-state index in [2.05, 4.69) is 19.1 Å². The standard InChI is InChI=1S/C17H18Cl2O/c1-12(8-13-2-4-14(11-20)5-3-13)9-15-6-7-16(18)10-17(15)19/h2-7,10,12,20H,8-9,11H2,1H3. The highest BCUT2D eigenvalue weighted by Crippen LogP contribution is 2.24. The monoisotopic (exact) mass is 308 g/mol. The molecule has 0 radical (unpaired) electrons. The van der Waals surface area contributed by atoms with Gasteiger partial charge in [0.25, 0.3) is 0 Å². The van der Waals surface area contributed by atoms with Crippen LogP contribution < -0.4 is 0 Å². The number of rotatable bonds is 5. The smallest absolute Gasteiger partial charge is 0.0681 e. The Morgan fingerprint density at radius 2 is 1.60 bits per heavy atom. The first kappa shape index (κ1) is 15.4. The Morgan fingerprint density at radius 1 is 0.950 bits per heavy atom. The molecule has 0 aliphatic rings. The molecule has 1 nitrogen and oxygen atoms in total. The molecule has 3 heteroatoms. The molecule has 0 saturated carbocycles. The first-order valence-corrected chi connectivity index (χ1v) is 7.46. The summed E-state index contributed by atoms with van der Waals surface area (Å²) < 4.78 is 0. The summed E-state index contributed by atoms with van der Waals surface area (Å²) in [5.74, 6) is 0.494. The van der Waals surface area contributed by atoms with E-state index in [0.29, 0.717) is 10.9 Å². The molecule has 0 saturated heterocycles. The van der Waals surface area contributed by atoms with Crippen LogP contribution in [0.5, 0.6) is 0 Å². The summed E-state index contributed by atoms with van der Waals surface area (Å²) in [6.07, 6.45) is 1.92. The van der Waals surface area contributed by atoms with E-state index < -0.39 is 0 Å². The number of aliphatic hydroxyl groups is 1. The second kappa shape index (κ2) is 7.12. The minimum Gasteiger partial charge on any atom is -0.392 e. The molecule has 20 heavy (non-hydrogen) atoms. The molecular formula is C17H18Cl2O. The Balaban J connectivity index is 1.99. The van der Waals surface area contributed by atoms with Gasteiger partial charge in [0.1, 0.15) is 0 Å². The lowest BCUT2D eigenvalue weighted by Crippen LogP contribution is -2.04. The van der Waals surface area contributed by atoms with Gasteiger partial charge in [-0.1, -0.05) is 60.5 Å². The quantitative estimate of drug-likeness (QED) is 0.832. The zero-order valence-corrected chi connectivity index (χ0v) is 13.0. The third kappa shape index (κ3) is 4.24. The van der Waals surface area contributed by atoms with Crippen LogP contribution >= 0.6 is 23.2 Å². The number of hydrogen-bond acceptors (Lipinski definition) is 1. The molecule has 0 heterocycles. The summed E-state index contributed by atoms with van der Waals surface area (Å²) in [6.45, 7) is 2.31. The van der Waals surface area contributed by atoms with Gasteiger partial charge in [-0.15, -0.1) is 0 Å². The molecule has 2 aromatic carbocycles. The normalized spacial score (nSPS) is 12.4. The summed E-state index contributed by atoms with van der Waals surface area (Å²) in [5.41, 5.74) is 3.36. The maximum atomic E-state index is 9.03. The van der Waals surface area contributed by atoms with Crippen molar-refractivity contribution in [1.29, 1.82) is 0 Å². The Labute approximate surface area is 130 Å². The molecule has 0 aliphatic heterocycles. The molecule has 1 atom stereocenters. The molecule has 0 spiro atoms. The molecule has 0 amide bonds. The second-order valence-electron chi connectivity index (χ2n) is 5.22. The van der Waals surface area contributed by atoms with E-state index in [1.165, 1.54) is 5.56 Å². The first-order valence-electron chi connectivity index (χ1n) is 6.71. The van der Waals surface area contributed by atoms with Crippen LogP contribution in [-0.4, -0.2) is 5.11 Å². The van der Waals surface area contributed by atoms with Gasteiger partial charge < -0.3 is 5.11 Å². The topological polar surface area (TPSA) is 20.2 Å². The maximum Gasteiger partial charge on any atom is 0.0681 e. The van der Waals surface area contributed by atoms with Gasteiger partial charge in [-0.2, -0.15) is 0 Å². The van der Waals surface area contributed by atoms with E-state index >= 15 is 0 Å². The van der Waals surface area contributed by atoms with E-state index in [0.717, 1.165) is 29.0 Å². The molecule has 2 aromatic rings. The summed E-state index contributed by atoms with van der Waals surface area (Å²) in [4.78, 5) is 0. The largest absolute Gasteiger partial charge is 0.392 e. The van der Waals surface area contributed by atoms with E-state index in [1.807, 2.05) is 24.3 Å². The molecule has 2 rings (SSSR count). The van der Waals surface area contributed by atoms with E-state index in [-0.39, 0.29) is 6.61 Å². The van der Waals surface area contributed by atoms with Crippen LogP contribution in [0.3, 0.4) is 0 Å². The molecule has 1 unspecified atom stereocenters. The second-order valence-corrected chi connectivity index (χ2v) is 6.07. The van der Waals surface area contributed by atoms with Crippen LogP contribution in [0.1, 0.15) is 23.6 Å². The minimum atomic E-state index is 0.0935. The lowest BCUT2D eigenvalue weighted by atomic mass is 9.94. The predicted molar refractivity (Wildman–Crippen MR) is 85.4 cm³/mol. The lowest BCUT2D eigenvalue weighted by Gasteiger charge is -2.13. The average Bonchev–Trinajstić information content (AvgIpc) is 2.43. The van der Waals surface area contributed by atoms with Crippen molar-refractivity contribution in [2.24, 2.45) is 5.92 Å². The van der Waals surface area contributed by atoms with Crippen molar-refractivity contribution in [2.45, 2.75) is 26.4 Å². The van der Waals surface area contributed by atoms with Gasteiger partial charge in [0.15, 0.2) is 0 Å². The Morgan fingerprint density at radius 3 is 2.20 bits per heavy atom. The first-order chi connectivity index (χ1) is 9.58. The Bertz CT molecular complexity index is 564. The van der Waals surface area contributed by atoms with Crippen molar-refractivity contribution in [3.8, 4) is 0 Å². The lowest BCUT2D eigenvalue weighted by molar-refractivity contribution is 0.282. The molecule has 106 valence electrons. The van der Waals surface area contributed by atoms with Crippen LogP contribution in [0.15, 0.2) is 42.5 Å². The van der Waals surface area contributed by atoms with Gasteiger partial charge in [0.05, 0.1) is 6.61 Å². The fourth-order valence-electron chi connectivity index (χ4n) is 2.32. The molecule has 0 aliphatic carbocycles. The SMILES string of the molecule is CC(Cc1ccc(CO)cc1)Cc1ccc(Cl)cc1Cl. The zero-order valence-electron chi connectivity index (χ0n) is 11.4. The molecule has 0 aromatic heterocycles. The van der Waals surface area contributed by atoms with Gasteiger partial charge in [-0.05, 0) is 47.6 Å². The highest BCUT2D eigenvalue weighted by molar-refractivity contribution is 6.35. The van der Waals surface area contributed by atoms with Crippen molar-refractivity contribution >= 4 is 23.2 Å². The third-order valence-corrected chi connectivity index (χ3v) is 3.96. The van der Waals surface area contributed by atoms with Crippen LogP contribution in [-0.2, 0) is 19.4 Å². The van der Waals surface area contributed by atoms with Crippen LogP contribution in [0.25, 0.3) is 0 Å². The number of aliphatic hydroxyl groups excluding tert-OH is 1.